The van der Waals surface area contributed by atoms with Crippen molar-refractivity contribution >= 4 is 11.6 Å². The Labute approximate surface area is 127 Å². The quantitative estimate of drug-likeness (QED) is 0.806. The molecule has 5 heteroatoms. The lowest BCUT2D eigenvalue weighted by atomic mass is 9.87. The zero-order chi connectivity index (χ0) is 15.3. The molecule has 1 aliphatic rings. The molecule has 1 aromatic rings. The van der Waals surface area contributed by atoms with Crippen LogP contribution in [0.25, 0.3) is 0 Å². The van der Waals surface area contributed by atoms with E-state index in [1.165, 1.54) is 19.3 Å². The molecule has 0 aliphatic heterocycles. The van der Waals surface area contributed by atoms with E-state index in [0.717, 1.165) is 24.0 Å². The molecule has 0 spiro atoms. The molecule has 21 heavy (non-hydrogen) atoms. The summed E-state index contributed by atoms with van der Waals surface area (Å²) in [6.07, 6.45) is 3.75. The van der Waals surface area contributed by atoms with Crippen molar-refractivity contribution in [3.05, 3.63) is 11.9 Å². The normalized spacial score (nSPS) is 20.5. The Balaban J connectivity index is 2.14. The molecule has 1 heterocycles. The Kier molecular flexibility index (Phi) is 5.39. The highest BCUT2D eigenvalue weighted by molar-refractivity contribution is 5.48. The molecule has 2 rings (SSSR count). The average Bonchev–Trinajstić information content (AvgIpc) is 2.76. The first-order chi connectivity index (χ1) is 10.0. The molecule has 0 amide bonds. The summed E-state index contributed by atoms with van der Waals surface area (Å²) < 4.78 is 5.44. The molecular formula is C16H28N4O. The van der Waals surface area contributed by atoms with Gasteiger partial charge in [-0.2, -0.15) is 0 Å². The van der Waals surface area contributed by atoms with Crippen molar-refractivity contribution in [2.75, 3.05) is 23.8 Å². The fourth-order valence-corrected chi connectivity index (χ4v) is 2.87. The van der Waals surface area contributed by atoms with Crippen LogP contribution in [0.5, 0.6) is 0 Å². The summed E-state index contributed by atoms with van der Waals surface area (Å²) in [5.41, 5.74) is 0.323. The molecule has 0 saturated heterocycles. The van der Waals surface area contributed by atoms with Crippen molar-refractivity contribution in [3.63, 3.8) is 0 Å². The number of ether oxygens (including phenoxy) is 1. The zero-order valence-electron chi connectivity index (χ0n) is 13.7. The van der Waals surface area contributed by atoms with Gasteiger partial charge in [-0.25, -0.2) is 9.97 Å². The minimum atomic E-state index is 0.323. The SMILES string of the molecule is CCNc1cc(NC2CCCC2(C)C)nc(COCC)n1. The first-order valence-corrected chi connectivity index (χ1v) is 8.01. The third kappa shape index (κ3) is 4.30. The van der Waals surface area contributed by atoms with Crippen LogP contribution in [-0.2, 0) is 11.3 Å². The summed E-state index contributed by atoms with van der Waals surface area (Å²) in [6.45, 7) is 10.7. The standard InChI is InChI=1S/C16H28N4O/c1-5-17-13-10-14(20-15(19-13)11-21-6-2)18-12-8-7-9-16(12,3)4/h10,12H,5-9,11H2,1-4H3,(H2,17,18,19,20). The first kappa shape index (κ1) is 16.0. The predicted octanol–water partition coefficient (Wildman–Crippen LogP) is 3.44. The van der Waals surface area contributed by atoms with Crippen LogP contribution in [0.1, 0.15) is 52.8 Å². The lowest BCUT2D eigenvalue weighted by Crippen LogP contribution is -2.31. The van der Waals surface area contributed by atoms with Crippen molar-refractivity contribution < 1.29 is 4.74 Å². The van der Waals surface area contributed by atoms with Gasteiger partial charge in [-0.1, -0.05) is 20.3 Å². The van der Waals surface area contributed by atoms with Gasteiger partial charge in [0, 0.05) is 25.3 Å². The van der Waals surface area contributed by atoms with Crippen LogP contribution in [0.4, 0.5) is 11.6 Å². The van der Waals surface area contributed by atoms with E-state index >= 15 is 0 Å². The zero-order valence-corrected chi connectivity index (χ0v) is 13.7. The van der Waals surface area contributed by atoms with E-state index in [2.05, 4.69) is 41.4 Å². The Bertz CT molecular complexity index is 462. The Hall–Kier alpha value is -1.36. The Morgan fingerprint density at radius 1 is 1.29 bits per heavy atom. The monoisotopic (exact) mass is 292 g/mol. The van der Waals surface area contributed by atoms with Crippen molar-refractivity contribution in [2.45, 2.75) is 59.6 Å². The third-order valence-corrected chi connectivity index (χ3v) is 4.14. The summed E-state index contributed by atoms with van der Waals surface area (Å²) in [5.74, 6) is 2.49. The largest absolute Gasteiger partial charge is 0.374 e. The number of hydrogen-bond acceptors (Lipinski definition) is 5. The van der Waals surface area contributed by atoms with Gasteiger partial charge < -0.3 is 15.4 Å². The predicted molar refractivity (Wildman–Crippen MR) is 86.6 cm³/mol. The molecule has 2 N–H and O–H groups in total. The van der Waals surface area contributed by atoms with Crippen molar-refractivity contribution in [1.29, 1.82) is 0 Å². The topological polar surface area (TPSA) is 59.1 Å². The lowest BCUT2D eigenvalue weighted by Gasteiger charge is -2.28. The van der Waals surface area contributed by atoms with Crippen LogP contribution in [0, 0.1) is 5.41 Å². The highest BCUT2D eigenvalue weighted by Crippen LogP contribution is 2.38. The van der Waals surface area contributed by atoms with Crippen LogP contribution in [0.3, 0.4) is 0 Å². The fraction of sp³-hybridized carbons (Fsp3) is 0.750. The second-order valence-electron chi connectivity index (χ2n) is 6.30. The molecule has 1 fully saturated rings. The lowest BCUT2D eigenvalue weighted by molar-refractivity contribution is 0.128. The van der Waals surface area contributed by atoms with E-state index in [1.54, 1.807) is 0 Å². The van der Waals surface area contributed by atoms with Gasteiger partial charge in [0.05, 0.1) is 0 Å². The second kappa shape index (κ2) is 7.07. The molecule has 0 radical (unpaired) electrons. The van der Waals surface area contributed by atoms with Crippen LogP contribution in [-0.4, -0.2) is 29.2 Å². The summed E-state index contributed by atoms with van der Waals surface area (Å²) in [6, 6.07) is 2.47. The molecule has 0 aromatic carbocycles. The summed E-state index contributed by atoms with van der Waals surface area (Å²) in [4.78, 5) is 9.08. The van der Waals surface area contributed by atoms with E-state index in [4.69, 9.17) is 4.74 Å². The highest BCUT2D eigenvalue weighted by atomic mass is 16.5. The molecule has 1 atom stereocenters. The van der Waals surface area contributed by atoms with Crippen LogP contribution >= 0.6 is 0 Å². The first-order valence-electron chi connectivity index (χ1n) is 8.01. The van der Waals surface area contributed by atoms with Gasteiger partial charge in [0.25, 0.3) is 0 Å². The van der Waals surface area contributed by atoms with E-state index < -0.39 is 0 Å². The maximum atomic E-state index is 5.44. The van der Waals surface area contributed by atoms with Crippen molar-refractivity contribution in [3.8, 4) is 0 Å². The Morgan fingerprint density at radius 2 is 2.05 bits per heavy atom. The smallest absolute Gasteiger partial charge is 0.158 e. The molecule has 1 saturated carbocycles. The van der Waals surface area contributed by atoms with Crippen molar-refractivity contribution in [1.82, 2.24) is 9.97 Å². The third-order valence-electron chi connectivity index (χ3n) is 4.14. The fourth-order valence-electron chi connectivity index (χ4n) is 2.87. The number of anilines is 2. The molecular weight excluding hydrogens is 264 g/mol. The summed E-state index contributed by atoms with van der Waals surface area (Å²) in [7, 11) is 0. The van der Waals surface area contributed by atoms with E-state index in [-0.39, 0.29) is 0 Å². The summed E-state index contributed by atoms with van der Waals surface area (Å²) >= 11 is 0. The maximum Gasteiger partial charge on any atom is 0.158 e. The molecule has 1 unspecified atom stereocenters. The van der Waals surface area contributed by atoms with E-state index in [9.17, 15) is 0 Å². The van der Waals surface area contributed by atoms with Gasteiger partial charge in [-0.05, 0) is 32.1 Å². The van der Waals surface area contributed by atoms with Gasteiger partial charge in [0.2, 0.25) is 0 Å². The average molecular weight is 292 g/mol. The van der Waals surface area contributed by atoms with Crippen molar-refractivity contribution in [2.24, 2.45) is 5.41 Å². The minimum absolute atomic E-state index is 0.323. The number of rotatable bonds is 7. The van der Waals surface area contributed by atoms with Crippen LogP contribution in [0.15, 0.2) is 6.07 Å². The molecule has 118 valence electrons. The van der Waals surface area contributed by atoms with Crippen LogP contribution in [0.2, 0.25) is 0 Å². The second-order valence-corrected chi connectivity index (χ2v) is 6.30. The van der Waals surface area contributed by atoms with Gasteiger partial charge in [0.15, 0.2) is 5.82 Å². The molecule has 5 nitrogen and oxygen atoms in total. The van der Waals surface area contributed by atoms with E-state index in [1.807, 2.05) is 13.0 Å². The number of aromatic nitrogens is 2. The summed E-state index contributed by atoms with van der Waals surface area (Å²) in [5, 5.41) is 6.86. The van der Waals surface area contributed by atoms with Gasteiger partial charge in [0.1, 0.15) is 18.2 Å². The van der Waals surface area contributed by atoms with Gasteiger partial charge in [-0.15, -0.1) is 0 Å². The Morgan fingerprint density at radius 3 is 2.67 bits per heavy atom. The molecule has 1 aliphatic carbocycles. The minimum Gasteiger partial charge on any atom is -0.374 e. The molecule has 1 aromatic heterocycles. The maximum absolute atomic E-state index is 5.44. The number of nitrogens with zero attached hydrogens (tertiary/aromatic N) is 2. The highest BCUT2D eigenvalue weighted by Gasteiger charge is 2.34. The molecule has 0 bridgehead atoms. The number of nitrogens with one attached hydrogen (secondary N) is 2. The van der Waals surface area contributed by atoms with E-state index in [0.29, 0.717) is 24.7 Å². The van der Waals surface area contributed by atoms with Gasteiger partial charge >= 0.3 is 0 Å². The van der Waals surface area contributed by atoms with Crippen LogP contribution < -0.4 is 10.6 Å². The van der Waals surface area contributed by atoms with Gasteiger partial charge in [-0.3, -0.25) is 0 Å². The number of hydrogen-bond donors (Lipinski definition) is 2.